The van der Waals surface area contributed by atoms with Crippen molar-refractivity contribution in [1.82, 2.24) is 0 Å². The number of hydrogen-bond donors (Lipinski definition) is 1. The summed E-state index contributed by atoms with van der Waals surface area (Å²) in [6.45, 7) is 0.553. The molecule has 1 saturated carbocycles. The highest BCUT2D eigenvalue weighted by molar-refractivity contribution is 8.00. The molecule has 0 bridgehead atoms. The van der Waals surface area contributed by atoms with Gasteiger partial charge in [-0.25, -0.2) is 9.18 Å². The van der Waals surface area contributed by atoms with Gasteiger partial charge in [-0.05, 0) is 48.0 Å². The van der Waals surface area contributed by atoms with E-state index in [0.717, 1.165) is 36.1 Å². The molecule has 1 aliphatic carbocycles. The van der Waals surface area contributed by atoms with Gasteiger partial charge in [-0.2, -0.15) is 0 Å². The van der Waals surface area contributed by atoms with Crippen LogP contribution in [0.3, 0.4) is 0 Å². The number of nitrogens with zero attached hydrogens (tertiary/aromatic N) is 1. The van der Waals surface area contributed by atoms with Crippen LogP contribution in [-0.4, -0.2) is 24.8 Å². The summed E-state index contributed by atoms with van der Waals surface area (Å²) in [5, 5.41) is 9.62. The van der Waals surface area contributed by atoms with Gasteiger partial charge in [0.2, 0.25) is 0 Å². The number of fused-ring (bicyclic) bond motifs is 3. The van der Waals surface area contributed by atoms with Gasteiger partial charge in [0.05, 0.1) is 24.3 Å². The average Bonchev–Trinajstić information content (AvgIpc) is 3.46. The molecule has 1 fully saturated rings. The number of anilines is 1. The number of carbonyl (C=O) groups is 1. The van der Waals surface area contributed by atoms with Crippen molar-refractivity contribution in [2.45, 2.75) is 17.2 Å². The predicted molar refractivity (Wildman–Crippen MR) is 97.6 cm³/mol. The molecule has 2 aromatic carbocycles. The first-order valence-electron chi connectivity index (χ1n) is 8.40. The number of hydrogen-bond acceptors (Lipinski definition) is 8. The standard InChI is InChI=1S/C18H15FN2O6S/c1-25-18(22)16-13(4-3-11-12-6-9(12)8-26-17(11)16)20-28-15-5-2-10(19)7-14(15)27-21(23)24/h2-5,7,9,12,20H,6,8H2,1H3. The Labute approximate surface area is 163 Å². The maximum atomic E-state index is 13.4. The summed E-state index contributed by atoms with van der Waals surface area (Å²) in [7, 11) is 1.28. The number of carbonyl (C=O) groups excluding carboxylic acids is 1. The van der Waals surface area contributed by atoms with Crippen molar-refractivity contribution in [3.05, 3.63) is 57.4 Å². The van der Waals surface area contributed by atoms with E-state index in [4.69, 9.17) is 9.47 Å². The molecule has 0 amide bonds. The van der Waals surface area contributed by atoms with Crippen molar-refractivity contribution >= 4 is 23.6 Å². The molecule has 0 spiro atoms. The van der Waals surface area contributed by atoms with Gasteiger partial charge in [0, 0.05) is 12.0 Å². The number of rotatable bonds is 6. The molecule has 0 radical (unpaired) electrons. The van der Waals surface area contributed by atoms with E-state index in [1.165, 1.54) is 13.2 Å². The number of halogens is 1. The third-order valence-corrected chi connectivity index (χ3v) is 5.57. The van der Waals surface area contributed by atoms with Gasteiger partial charge in [-0.15, -0.1) is 10.1 Å². The molecular weight excluding hydrogens is 391 g/mol. The molecule has 2 atom stereocenters. The normalized spacial score (nSPS) is 18.9. The molecule has 2 aliphatic rings. The summed E-state index contributed by atoms with van der Waals surface area (Å²) in [6.07, 6.45) is 1.03. The van der Waals surface area contributed by atoms with Gasteiger partial charge < -0.3 is 14.2 Å². The molecule has 1 heterocycles. The highest BCUT2D eigenvalue weighted by atomic mass is 32.2. The monoisotopic (exact) mass is 406 g/mol. The van der Waals surface area contributed by atoms with Gasteiger partial charge in [0.25, 0.3) is 5.09 Å². The lowest BCUT2D eigenvalue weighted by molar-refractivity contribution is -0.711. The molecule has 2 aromatic rings. The Hall–Kier alpha value is -3.01. The third-order valence-electron chi connectivity index (χ3n) is 4.69. The summed E-state index contributed by atoms with van der Waals surface area (Å²) in [4.78, 5) is 27.7. The fourth-order valence-electron chi connectivity index (χ4n) is 3.27. The second-order valence-corrected chi connectivity index (χ2v) is 7.27. The maximum absolute atomic E-state index is 13.4. The molecule has 0 saturated heterocycles. The van der Waals surface area contributed by atoms with E-state index in [9.17, 15) is 19.3 Å². The van der Waals surface area contributed by atoms with Crippen LogP contribution in [0.5, 0.6) is 11.5 Å². The zero-order chi connectivity index (χ0) is 19.8. The van der Waals surface area contributed by atoms with E-state index in [0.29, 0.717) is 29.9 Å². The van der Waals surface area contributed by atoms with E-state index >= 15 is 0 Å². The Balaban J connectivity index is 1.64. The van der Waals surface area contributed by atoms with Crippen LogP contribution in [0.2, 0.25) is 0 Å². The van der Waals surface area contributed by atoms with Crippen LogP contribution in [0.15, 0.2) is 35.2 Å². The lowest BCUT2D eigenvalue weighted by Crippen LogP contribution is -2.15. The van der Waals surface area contributed by atoms with E-state index in [-0.39, 0.29) is 16.2 Å². The van der Waals surface area contributed by atoms with E-state index in [1.54, 1.807) is 6.07 Å². The van der Waals surface area contributed by atoms with Crippen molar-refractivity contribution in [2.75, 3.05) is 18.4 Å². The van der Waals surface area contributed by atoms with Crippen molar-refractivity contribution in [1.29, 1.82) is 0 Å². The highest BCUT2D eigenvalue weighted by Crippen LogP contribution is 2.55. The van der Waals surface area contributed by atoms with Crippen LogP contribution in [0, 0.1) is 21.8 Å². The van der Waals surface area contributed by atoms with Gasteiger partial charge in [0.1, 0.15) is 22.9 Å². The summed E-state index contributed by atoms with van der Waals surface area (Å²) in [5.41, 5.74) is 1.66. The first kappa shape index (κ1) is 18.4. The Kier molecular flexibility index (Phi) is 4.71. The topological polar surface area (TPSA) is 99.9 Å². The lowest BCUT2D eigenvalue weighted by Gasteiger charge is -2.21. The fourth-order valence-corrected chi connectivity index (χ4v) is 3.99. The Morgan fingerprint density at radius 3 is 2.96 bits per heavy atom. The lowest BCUT2D eigenvalue weighted by atomic mass is 10.0. The number of nitrogens with one attached hydrogen (secondary N) is 1. The van der Waals surface area contributed by atoms with Crippen LogP contribution in [0.1, 0.15) is 28.3 Å². The molecule has 28 heavy (non-hydrogen) atoms. The van der Waals surface area contributed by atoms with Crippen LogP contribution in [0.25, 0.3) is 0 Å². The van der Waals surface area contributed by atoms with Crippen LogP contribution < -0.4 is 14.3 Å². The van der Waals surface area contributed by atoms with Crippen molar-refractivity contribution in [2.24, 2.45) is 5.92 Å². The first-order valence-corrected chi connectivity index (χ1v) is 9.22. The second kappa shape index (κ2) is 7.19. The summed E-state index contributed by atoms with van der Waals surface area (Å²) in [5.74, 6) is -0.0926. The maximum Gasteiger partial charge on any atom is 0.343 e. The molecule has 1 N–H and O–H groups in total. The number of benzene rings is 2. The van der Waals surface area contributed by atoms with Crippen LogP contribution >= 0.6 is 11.9 Å². The fraction of sp³-hybridized carbons (Fsp3) is 0.278. The molecule has 4 rings (SSSR count). The van der Waals surface area contributed by atoms with E-state index < -0.39 is 16.9 Å². The molecule has 10 heteroatoms. The van der Waals surface area contributed by atoms with Crippen LogP contribution in [-0.2, 0) is 4.74 Å². The van der Waals surface area contributed by atoms with Crippen molar-refractivity contribution in [3.63, 3.8) is 0 Å². The third kappa shape index (κ3) is 3.42. The molecule has 146 valence electrons. The zero-order valence-corrected chi connectivity index (χ0v) is 15.5. The number of esters is 1. The first-order chi connectivity index (χ1) is 13.5. The molecule has 0 aromatic heterocycles. The van der Waals surface area contributed by atoms with Crippen LogP contribution in [0.4, 0.5) is 10.1 Å². The van der Waals surface area contributed by atoms with Gasteiger partial charge in [-0.1, -0.05) is 6.07 Å². The van der Waals surface area contributed by atoms with Crippen molar-refractivity contribution < 1.29 is 28.6 Å². The van der Waals surface area contributed by atoms with Crippen molar-refractivity contribution in [3.8, 4) is 11.5 Å². The molecule has 8 nitrogen and oxygen atoms in total. The van der Waals surface area contributed by atoms with Gasteiger partial charge in [0.15, 0.2) is 0 Å². The Bertz CT molecular complexity index is 969. The minimum atomic E-state index is -1.02. The molecular formula is C18H15FN2O6S. The zero-order valence-electron chi connectivity index (χ0n) is 14.6. The van der Waals surface area contributed by atoms with E-state index in [2.05, 4.69) is 9.56 Å². The summed E-state index contributed by atoms with van der Waals surface area (Å²) in [6, 6.07) is 7.04. The molecule has 1 aliphatic heterocycles. The predicted octanol–water partition coefficient (Wildman–Crippen LogP) is 3.80. The Morgan fingerprint density at radius 1 is 1.39 bits per heavy atom. The number of ether oxygens (including phenoxy) is 2. The van der Waals surface area contributed by atoms with Gasteiger partial charge in [-0.3, -0.25) is 4.84 Å². The SMILES string of the molecule is COC(=O)c1c(NSc2ccc(F)cc2O[N+](=O)[O-])ccc2c1OCC1CC21. The highest BCUT2D eigenvalue weighted by Gasteiger charge is 2.45. The summed E-state index contributed by atoms with van der Waals surface area (Å²) < 4.78 is 27.1. The average molecular weight is 406 g/mol. The smallest absolute Gasteiger partial charge is 0.343 e. The molecule has 2 unspecified atom stereocenters. The summed E-state index contributed by atoms with van der Waals surface area (Å²) >= 11 is 0.945. The quantitative estimate of drug-likeness (QED) is 0.335. The van der Waals surface area contributed by atoms with E-state index in [1.807, 2.05) is 6.07 Å². The number of methoxy groups -OCH3 is 1. The largest absolute Gasteiger partial charge is 0.492 e. The second-order valence-electron chi connectivity index (χ2n) is 6.42. The Morgan fingerprint density at radius 2 is 2.21 bits per heavy atom. The minimum Gasteiger partial charge on any atom is -0.492 e. The minimum absolute atomic E-state index is 0.253. The van der Waals surface area contributed by atoms with Gasteiger partial charge >= 0.3 is 5.97 Å².